The van der Waals surface area contributed by atoms with Gasteiger partial charge in [0.2, 0.25) is 0 Å². The Morgan fingerprint density at radius 3 is 2.38 bits per heavy atom. The summed E-state index contributed by atoms with van der Waals surface area (Å²) in [5.41, 5.74) is 0. The third-order valence-electron chi connectivity index (χ3n) is 0.839. The Morgan fingerprint density at radius 1 is 1.88 bits per heavy atom. The molecule has 0 aromatic heterocycles. The molecule has 4 heteroatoms. The van der Waals surface area contributed by atoms with E-state index in [0.29, 0.717) is 5.37 Å². The average molecular weight is 219 g/mol. The molecule has 0 aliphatic carbocycles. The van der Waals surface area contributed by atoms with Gasteiger partial charge in [-0.05, 0) is 24.5 Å². The van der Waals surface area contributed by atoms with Crippen molar-refractivity contribution in [2.45, 2.75) is 18.7 Å². The minimum atomic E-state index is 0.386. The van der Waals surface area contributed by atoms with Crippen LogP contribution in [0.2, 0.25) is 0 Å². The summed E-state index contributed by atoms with van der Waals surface area (Å²) in [6.45, 7) is 2.10. The van der Waals surface area contributed by atoms with E-state index < -0.39 is 0 Å². The number of nitrogens with zero attached hydrogens (tertiary/aromatic N) is 1. The van der Waals surface area contributed by atoms with Crippen LogP contribution in [-0.2, 0) is 0 Å². The molecule has 0 aliphatic rings. The number of thioether (sulfide) groups is 1. The summed E-state index contributed by atoms with van der Waals surface area (Å²) in [7, 11) is 0. The summed E-state index contributed by atoms with van der Waals surface area (Å²) in [6, 6.07) is 0. The molecule has 8 heavy (non-hydrogen) atoms. The fourth-order valence-corrected chi connectivity index (χ4v) is 2.05. The number of hydrogen-bond acceptors (Lipinski definition) is 2. The molecular weight excluding hydrogens is 209 g/mol. The molecule has 1 atom stereocenters. The van der Waals surface area contributed by atoms with Gasteiger partial charge in [-0.15, -0.1) is 15.2 Å². The lowest BCUT2D eigenvalue weighted by molar-refractivity contribution is 0.658. The summed E-state index contributed by atoms with van der Waals surface area (Å²) >= 11 is 10.4. The molecule has 0 spiro atoms. The molecule has 0 saturated carbocycles. The standard InChI is InChI=1S/C4H9BrClNS/c1-3-4(8-2)7(5)6/h4H,3H2,1-2H3/t4-/m0/s1. The Hall–Kier alpha value is 1.08. The minimum Gasteiger partial charge on any atom is -0.144 e. The molecule has 0 radical (unpaired) electrons. The predicted molar refractivity (Wildman–Crippen MR) is 44.2 cm³/mol. The summed E-state index contributed by atoms with van der Waals surface area (Å²) in [4.78, 5) is 0. The summed E-state index contributed by atoms with van der Waals surface area (Å²) in [5, 5.41) is 0.386. The fourth-order valence-electron chi connectivity index (χ4n) is 0.384. The van der Waals surface area contributed by atoms with Gasteiger partial charge >= 0.3 is 0 Å². The van der Waals surface area contributed by atoms with Gasteiger partial charge in [0.15, 0.2) is 0 Å². The second-order valence-corrected chi connectivity index (χ2v) is 3.91. The first-order chi connectivity index (χ1) is 3.72. The quantitative estimate of drug-likeness (QED) is 0.529. The molecular formula is C4H9BrClNS. The lowest BCUT2D eigenvalue weighted by Gasteiger charge is -2.13. The first kappa shape index (κ1) is 9.08. The van der Waals surface area contributed by atoms with E-state index in [2.05, 4.69) is 23.1 Å². The molecule has 0 saturated heterocycles. The van der Waals surface area contributed by atoms with E-state index in [0.717, 1.165) is 6.42 Å². The minimum absolute atomic E-state index is 0.386. The SMILES string of the molecule is CC[C@H](SC)N(Cl)Br. The van der Waals surface area contributed by atoms with E-state index in [1.165, 1.54) is 3.45 Å². The van der Waals surface area contributed by atoms with E-state index in [-0.39, 0.29) is 0 Å². The fraction of sp³-hybridized carbons (Fsp3) is 1.00. The Labute approximate surface area is 68.2 Å². The average Bonchev–Trinajstić information content (AvgIpc) is 1.69. The summed E-state index contributed by atoms with van der Waals surface area (Å²) in [5.74, 6) is 0. The van der Waals surface area contributed by atoms with Crippen molar-refractivity contribution >= 4 is 39.7 Å². The molecule has 50 valence electrons. The highest BCUT2D eigenvalue weighted by molar-refractivity contribution is 9.08. The maximum atomic E-state index is 5.57. The molecule has 0 bridgehead atoms. The molecule has 0 fully saturated rings. The van der Waals surface area contributed by atoms with Crippen molar-refractivity contribution in [2.24, 2.45) is 0 Å². The lowest BCUT2D eigenvalue weighted by atomic mass is 10.5. The van der Waals surface area contributed by atoms with Crippen LogP contribution in [0.5, 0.6) is 0 Å². The highest BCUT2D eigenvalue weighted by Gasteiger charge is 2.08. The van der Waals surface area contributed by atoms with Crippen LogP contribution in [0.4, 0.5) is 0 Å². The predicted octanol–water partition coefficient (Wildman–Crippen LogP) is 2.85. The van der Waals surface area contributed by atoms with Gasteiger partial charge in [0.05, 0.1) is 5.37 Å². The largest absolute Gasteiger partial charge is 0.144 e. The highest BCUT2D eigenvalue weighted by Crippen LogP contribution is 2.21. The van der Waals surface area contributed by atoms with Crippen molar-refractivity contribution in [3.8, 4) is 0 Å². The normalized spacial score (nSPS) is 14.6. The lowest BCUT2D eigenvalue weighted by Crippen LogP contribution is -2.11. The van der Waals surface area contributed by atoms with Gasteiger partial charge in [-0.1, -0.05) is 6.92 Å². The second kappa shape index (κ2) is 4.91. The molecule has 0 N–H and O–H groups in total. The van der Waals surface area contributed by atoms with Crippen molar-refractivity contribution in [1.82, 2.24) is 3.45 Å². The zero-order valence-electron chi connectivity index (χ0n) is 4.90. The molecule has 1 nitrogen and oxygen atoms in total. The smallest absolute Gasteiger partial charge is 0.0815 e. The van der Waals surface area contributed by atoms with Crippen molar-refractivity contribution < 1.29 is 0 Å². The van der Waals surface area contributed by atoms with Crippen LogP contribution in [0.15, 0.2) is 0 Å². The maximum Gasteiger partial charge on any atom is 0.0815 e. The number of hydrogen-bond donors (Lipinski definition) is 0. The Kier molecular flexibility index (Phi) is 5.58. The topological polar surface area (TPSA) is 3.24 Å². The first-order valence-corrected chi connectivity index (χ1v) is 4.69. The first-order valence-electron chi connectivity index (χ1n) is 2.36. The third kappa shape index (κ3) is 3.17. The zero-order valence-corrected chi connectivity index (χ0v) is 8.05. The Balaban J connectivity index is 3.35. The van der Waals surface area contributed by atoms with Crippen LogP contribution in [-0.4, -0.2) is 15.1 Å². The van der Waals surface area contributed by atoms with E-state index in [1.807, 2.05) is 6.26 Å². The molecule has 0 heterocycles. The van der Waals surface area contributed by atoms with Crippen LogP contribution in [0.3, 0.4) is 0 Å². The summed E-state index contributed by atoms with van der Waals surface area (Å²) in [6.07, 6.45) is 3.08. The van der Waals surface area contributed by atoms with Crippen LogP contribution in [0, 0.1) is 0 Å². The second-order valence-electron chi connectivity index (χ2n) is 1.36. The van der Waals surface area contributed by atoms with Crippen LogP contribution < -0.4 is 0 Å². The highest BCUT2D eigenvalue weighted by atomic mass is 79.9. The van der Waals surface area contributed by atoms with Gasteiger partial charge in [-0.2, -0.15) is 0 Å². The molecule has 0 aliphatic heterocycles. The van der Waals surface area contributed by atoms with Gasteiger partial charge in [0.1, 0.15) is 0 Å². The van der Waals surface area contributed by atoms with E-state index >= 15 is 0 Å². The molecule has 0 rings (SSSR count). The van der Waals surface area contributed by atoms with Gasteiger partial charge in [-0.25, -0.2) is 0 Å². The van der Waals surface area contributed by atoms with E-state index in [4.69, 9.17) is 11.8 Å². The molecule has 0 amide bonds. The van der Waals surface area contributed by atoms with E-state index in [9.17, 15) is 0 Å². The van der Waals surface area contributed by atoms with Gasteiger partial charge in [-0.3, -0.25) is 0 Å². The van der Waals surface area contributed by atoms with Crippen molar-refractivity contribution in [3.63, 3.8) is 0 Å². The van der Waals surface area contributed by atoms with Crippen molar-refractivity contribution in [2.75, 3.05) is 6.26 Å². The van der Waals surface area contributed by atoms with Crippen molar-refractivity contribution in [1.29, 1.82) is 0 Å². The Bertz CT molecular complexity index is 58.0. The third-order valence-corrected chi connectivity index (χ3v) is 3.04. The van der Waals surface area contributed by atoms with Crippen LogP contribution >= 0.6 is 39.7 Å². The van der Waals surface area contributed by atoms with Crippen molar-refractivity contribution in [3.05, 3.63) is 0 Å². The van der Waals surface area contributed by atoms with Gasteiger partial charge in [0, 0.05) is 16.1 Å². The monoisotopic (exact) mass is 217 g/mol. The zero-order chi connectivity index (χ0) is 6.57. The number of halogens is 2. The van der Waals surface area contributed by atoms with Gasteiger partial charge in [0.25, 0.3) is 0 Å². The van der Waals surface area contributed by atoms with Gasteiger partial charge < -0.3 is 0 Å². The summed E-state index contributed by atoms with van der Waals surface area (Å²) < 4.78 is 1.53. The van der Waals surface area contributed by atoms with E-state index in [1.54, 1.807) is 11.8 Å². The number of rotatable bonds is 3. The molecule has 0 aromatic carbocycles. The maximum absolute atomic E-state index is 5.57. The molecule has 0 unspecified atom stereocenters. The molecule has 0 aromatic rings. The van der Waals surface area contributed by atoms with Crippen LogP contribution in [0.25, 0.3) is 0 Å². The Morgan fingerprint density at radius 2 is 2.38 bits per heavy atom. The van der Waals surface area contributed by atoms with Crippen LogP contribution in [0.1, 0.15) is 13.3 Å².